The summed E-state index contributed by atoms with van der Waals surface area (Å²) < 4.78 is 11.0. The SMILES string of the molecule is COc1cc(-c2scnc2C)ccc1CNC(=O)C1CC(O)CN1C(=O)C(c1cc(C)no1)C(C)C. The number of aliphatic hydroxyl groups is 1. The molecule has 0 radical (unpaired) electrons. The van der Waals surface area contributed by atoms with Crippen LogP contribution in [0.25, 0.3) is 10.4 Å². The van der Waals surface area contributed by atoms with Crippen molar-refractivity contribution in [1.29, 1.82) is 0 Å². The molecule has 2 N–H and O–H groups in total. The number of β-amino-alcohol motifs (C(OH)–C–C–N with tert-alkyl or cyclic N) is 1. The molecular formula is C26H32N4O5S. The fourth-order valence-corrected chi connectivity index (χ4v) is 5.46. The topological polar surface area (TPSA) is 118 Å². The number of rotatable bonds is 8. The Morgan fingerprint density at radius 3 is 2.69 bits per heavy atom. The van der Waals surface area contributed by atoms with E-state index in [0.29, 0.717) is 17.2 Å². The summed E-state index contributed by atoms with van der Waals surface area (Å²) in [4.78, 5) is 33.6. The van der Waals surface area contributed by atoms with Crippen molar-refractivity contribution in [3.8, 4) is 16.2 Å². The summed E-state index contributed by atoms with van der Waals surface area (Å²) in [5, 5.41) is 17.2. The number of nitrogens with one attached hydrogen (secondary N) is 1. The highest BCUT2D eigenvalue weighted by molar-refractivity contribution is 7.13. The first-order chi connectivity index (χ1) is 17.2. The Bertz CT molecular complexity index is 1240. The van der Waals surface area contributed by atoms with Gasteiger partial charge >= 0.3 is 0 Å². The molecule has 0 bridgehead atoms. The first kappa shape index (κ1) is 25.8. The first-order valence-electron chi connectivity index (χ1n) is 12.0. The standard InChI is InChI=1S/C26H32N4O5S/c1-14(2)23(22-8-15(3)29-35-22)26(33)30-12-19(31)10-20(30)25(32)27-11-18-7-6-17(9-21(18)34-5)24-16(4)28-13-36-24/h6-9,13-14,19-20,23,31H,10-12H2,1-5H3,(H,27,32). The van der Waals surface area contributed by atoms with Gasteiger partial charge in [0.05, 0.1) is 35.0 Å². The van der Waals surface area contributed by atoms with E-state index in [2.05, 4.69) is 15.5 Å². The average Bonchev–Trinajstić information content (AvgIpc) is 3.57. The number of nitrogens with zero attached hydrogens (tertiary/aromatic N) is 3. The second-order valence-electron chi connectivity index (χ2n) is 9.50. The zero-order valence-electron chi connectivity index (χ0n) is 21.1. The fourth-order valence-electron chi connectivity index (χ4n) is 4.66. The predicted molar refractivity (Wildman–Crippen MR) is 136 cm³/mol. The van der Waals surface area contributed by atoms with Crippen LogP contribution in [0, 0.1) is 19.8 Å². The van der Waals surface area contributed by atoms with Crippen LogP contribution in [0.15, 0.2) is 34.3 Å². The molecule has 1 saturated heterocycles. The van der Waals surface area contributed by atoms with Crippen LogP contribution in [0.2, 0.25) is 0 Å². The number of methoxy groups -OCH3 is 1. The summed E-state index contributed by atoms with van der Waals surface area (Å²) in [6, 6.07) is 6.80. The second kappa shape index (κ2) is 10.8. The lowest BCUT2D eigenvalue weighted by molar-refractivity contribution is -0.141. The van der Waals surface area contributed by atoms with Gasteiger partial charge in [-0.15, -0.1) is 11.3 Å². The number of aromatic nitrogens is 2. The van der Waals surface area contributed by atoms with Crippen LogP contribution in [0.4, 0.5) is 0 Å². The van der Waals surface area contributed by atoms with Crippen molar-refractivity contribution in [2.24, 2.45) is 5.92 Å². The summed E-state index contributed by atoms with van der Waals surface area (Å²) in [6.45, 7) is 7.93. The number of carbonyl (C=O) groups is 2. The molecule has 10 heteroatoms. The number of hydrogen-bond donors (Lipinski definition) is 2. The zero-order valence-corrected chi connectivity index (χ0v) is 22.0. The highest BCUT2D eigenvalue weighted by Gasteiger charge is 2.43. The van der Waals surface area contributed by atoms with Crippen molar-refractivity contribution in [1.82, 2.24) is 20.4 Å². The third kappa shape index (κ3) is 5.29. The Kier molecular flexibility index (Phi) is 7.75. The molecule has 0 spiro atoms. The average molecular weight is 513 g/mol. The van der Waals surface area contributed by atoms with E-state index in [1.807, 2.05) is 44.5 Å². The van der Waals surface area contributed by atoms with Gasteiger partial charge in [-0.3, -0.25) is 9.59 Å². The normalized spacial score (nSPS) is 18.5. The number of aliphatic hydroxyl groups excluding tert-OH is 1. The molecule has 2 amide bonds. The molecule has 3 aromatic rings. The van der Waals surface area contributed by atoms with Gasteiger partial charge in [-0.25, -0.2) is 4.98 Å². The van der Waals surface area contributed by atoms with Crippen LogP contribution in [0.3, 0.4) is 0 Å². The minimum atomic E-state index is -0.775. The molecule has 1 aliphatic heterocycles. The largest absolute Gasteiger partial charge is 0.496 e. The van der Waals surface area contributed by atoms with E-state index in [1.54, 1.807) is 31.4 Å². The molecule has 1 fully saturated rings. The van der Waals surface area contributed by atoms with E-state index in [9.17, 15) is 14.7 Å². The fraction of sp³-hybridized carbons (Fsp3) is 0.462. The maximum Gasteiger partial charge on any atom is 0.243 e. The highest BCUT2D eigenvalue weighted by Crippen LogP contribution is 2.33. The molecule has 1 aromatic carbocycles. The van der Waals surface area contributed by atoms with Crippen LogP contribution >= 0.6 is 11.3 Å². The predicted octanol–water partition coefficient (Wildman–Crippen LogP) is 3.44. The second-order valence-corrected chi connectivity index (χ2v) is 10.4. The Labute approximate surface area is 214 Å². The van der Waals surface area contributed by atoms with Crippen LogP contribution in [0.5, 0.6) is 5.75 Å². The van der Waals surface area contributed by atoms with Crippen LogP contribution in [-0.2, 0) is 16.1 Å². The molecule has 3 atom stereocenters. The van der Waals surface area contributed by atoms with Gasteiger partial charge in [0.1, 0.15) is 23.5 Å². The number of hydrogen-bond acceptors (Lipinski definition) is 8. The van der Waals surface area contributed by atoms with E-state index < -0.39 is 18.1 Å². The molecule has 0 saturated carbocycles. The number of carbonyl (C=O) groups excluding carboxylic acids is 2. The summed E-state index contributed by atoms with van der Waals surface area (Å²) in [7, 11) is 1.59. The first-order valence-corrected chi connectivity index (χ1v) is 12.8. The quantitative estimate of drug-likeness (QED) is 0.475. The molecule has 0 aliphatic carbocycles. The van der Waals surface area contributed by atoms with Crippen molar-refractivity contribution < 1.29 is 24.0 Å². The van der Waals surface area contributed by atoms with E-state index in [-0.39, 0.29) is 37.2 Å². The summed E-state index contributed by atoms with van der Waals surface area (Å²) in [6.07, 6.45) is -0.594. The molecule has 9 nitrogen and oxygen atoms in total. The molecular weight excluding hydrogens is 480 g/mol. The van der Waals surface area contributed by atoms with Gasteiger partial charge in [0, 0.05) is 31.1 Å². The molecule has 192 valence electrons. The Morgan fingerprint density at radius 1 is 1.31 bits per heavy atom. The maximum absolute atomic E-state index is 13.5. The number of benzene rings is 1. The minimum absolute atomic E-state index is 0.0729. The monoisotopic (exact) mass is 512 g/mol. The molecule has 2 aromatic heterocycles. The zero-order chi connectivity index (χ0) is 26.0. The summed E-state index contributed by atoms with van der Waals surface area (Å²) in [5.41, 5.74) is 5.25. The summed E-state index contributed by atoms with van der Waals surface area (Å²) in [5.74, 6) is -0.110. The molecule has 36 heavy (non-hydrogen) atoms. The van der Waals surface area contributed by atoms with Gasteiger partial charge in [0.15, 0.2) is 0 Å². The van der Waals surface area contributed by atoms with Crippen molar-refractivity contribution in [2.75, 3.05) is 13.7 Å². The number of amides is 2. The molecule has 1 aliphatic rings. The van der Waals surface area contributed by atoms with E-state index in [4.69, 9.17) is 9.26 Å². The van der Waals surface area contributed by atoms with E-state index >= 15 is 0 Å². The molecule has 3 unspecified atom stereocenters. The Hall–Kier alpha value is -3.24. The third-order valence-electron chi connectivity index (χ3n) is 6.50. The lowest BCUT2D eigenvalue weighted by Crippen LogP contribution is -2.48. The lowest BCUT2D eigenvalue weighted by atomic mass is 9.91. The van der Waals surface area contributed by atoms with Crippen LogP contribution in [0.1, 0.15) is 48.9 Å². The molecule has 4 rings (SSSR count). The van der Waals surface area contributed by atoms with Crippen LogP contribution < -0.4 is 10.1 Å². The number of likely N-dealkylation sites (tertiary alicyclic amines) is 1. The van der Waals surface area contributed by atoms with Gasteiger partial charge in [-0.1, -0.05) is 31.1 Å². The van der Waals surface area contributed by atoms with Gasteiger partial charge < -0.3 is 24.6 Å². The number of thiazole rings is 1. The maximum atomic E-state index is 13.5. The summed E-state index contributed by atoms with van der Waals surface area (Å²) >= 11 is 1.56. The van der Waals surface area contributed by atoms with Gasteiger partial charge in [-0.05, 0) is 31.4 Å². The Morgan fingerprint density at radius 2 is 2.08 bits per heavy atom. The number of ether oxygens (including phenoxy) is 1. The van der Waals surface area contributed by atoms with Crippen LogP contribution in [-0.4, -0.2) is 57.8 Å². The lowest BCUT2D eigenvalue weighted by Gasteiger charge is -2.28. The van der Waals surface area contributed by atoms with Gasteiger partial charge in [0.25, 0.3) is 0 Å². The van der Waals surface area contributed by atoms with E-state index in [1.165, 1.54) is 4.90 Å². The Balaban J connectivity index is 1.48. The van der Waals surface area contributed by atoms with Crippen molar-refractivity contribution >= 4 is 23.2 Å². The molecule has 3 heterocycles. The minimum Gasteiger partial charge on any atom is -0.496 e. The van der Waals surface area contributed by atoms with Gasteiger partial charge in [-0.2, -0.15) is 0 Å². The highest BCUT2D eigenvalue weighted by atomic mass is 32.1. The smallest absolute Gasteiger partial charge is 0.243 e. The van der Waals surface area contributed by atoms with Crippen molar-refractivity contribution in [2.45, 2.75) is 58.7 Å². The number of aryl methyl sites for hydroxylation is 2. The van der Waals surface area contributed by atoms with E-state index in [0.717, 1.165) is 21.7 Å². The van der Waals surface area contributed by atoms with Crippen molar-refractivity contribution in [3.63, 3.8) is 0 Å². The third-order valence-corrected chi connectivity index (χ3v) is 7.48. The van der Waals surface area contributed by atoms with Crippen molar-refractivity contribution in [3.05, 3.63) is 52.5 Å². The van der Waals surface area contributed by atoms with Gasteiger partial charge in [0.2, 0.25) is 11.8 Å².